The molecule has 23 heavy (non-hydrogen) atoms. The smallest absolute Gasteiger partial charge is 0.257 e. The molecule has 1 fully saturated rings. The topological polar surface area (TPSA) is 58.4 Å². The number of β-amino-alcohol motifs (C(OH)–C–C–N with tert-alkyl or cyclic N) is 1. The molecule has 1 aromatic heterocycles. The van der Waals surface area contributed by atoms with Crippen LogP contribution in [0.15, 0.2) is 24.3 Å². The lowest BCUT2D eigenvalue weighted by Crippen LogP contribution is -2.42. The zero-order valence-corrected chi connectivity index (χ0v) is 13.3. The number of aliphatic hydroxyl groups is 1. The number of aromatic nitrogens is 2. The maximum Gasteiger partial charge on any atom is 0.257 e. The van der Waals surface area contributed by atoms with Gasteiger partial charge in [0.2, 0.25) is 0 Å². The summed E-state index contributed by atoms with van der Waals surface area (Å²) in [6.07, 6.45) is 1.08. The summed E-state index contributed by atoms with van der Waals surface area (Å²) in [6, 6.07) is 6.00. The summed E-state index contributed by atoms with van der Waals surface area (Å²) in [5.74, 6) is -0.416. The number of nitrogens with zero attached hydrogens (tertiary/aromatic N) is 3. The summed E-state index contributed by atoms with van der Waals surface area (Å²) < 4.78 is 14.7. The van der Waals surface area contributed by atoms with Crippen LogP contribution in [0, 0.1) is 19.7 Å². The van der Waals surface area contributed by atoms with Crippen LogP contribution in [0.3, 0.4) is 0 Å². The Morgan fingerprint density at radius 2 is 2.00 bits per heavy atom. The van der Waals surface area contributed by atoms with Gasteiger partial charge in [-0.25, -0.2) is 9.07 Å². The fraction of sp³-hybridized carbons (Fsp3) is 0.412. The molecule has 6 heteroatoms. The average Bonchev–Trinajstić information content (AvgIpc) is 2.82. The van der Waals surface area contributed by atoms with E-state index in [1.165, 1.54) is 12.1 Å². The number of aryl methyl sites for hydroxylation is 1. The zero-order chi connectivity index (χ0) is 16.6. The highest BCUT2D eigenvalue weighted by Gasteiger charge is 2.27. The van der Waals surface area contributed by atoms with E-state index >= 15 is 0 Å². The largest absolute Gasteiger partial charge is 0.391 e. The molecule has 1 N–H and O–H groups in total. The van der Waals surface area contributed by atoms with Crippen molar-refractivity contribution in [2.75, 3.05) is 13.1 Å². The van der Waals surface area contributed by atoms with Gasteiger partial charge in [0.05, 0.1) is 28.7 Å². The summed E-state index contributed by atoms with van der Waals surface area (Å²) >= 11 is 0. The molecular weight excluding hydrogens is 297 g/mol. The van der Waals surface area contributed by atoms with Crippen LogP contribution >= 0.6 is 0 Å². The van der Waals surface area contributed by atoms with Crippen molar-refractivity contribution in [1.29, 1.82) is 0 Å². The second-order valence-electron chi connectivity index (χ2n) is 5.98. The first-order valence-corrected chi connectivity index (χ1v) is 7.77. The molecule has 1 amide bonds. The Morgan fingerprint density at radius 1 is 1.30 bits per heavy atom. The molecule has 2 heterocycles. The first-order valence-electron chi connectivity index (χ1n) is 7.77. The third-order valence-corrected chi connectivity index (χ3v) is 4.26. The van der Waals surface area contributed by atoms with Crippen molar-refractivity contribution in [1.82, 2.24) is 14.7 Å². The van der Waals surface area contributed by atoms with Crippen molar-refractivity contribution >= 4 is 5.91 Å². The van der Waals surface area contributed by atoms with Crippen LogP contribution in [0.1, 0.15) is 34.6 Å². The molecule has 2 aromatic rings. The third kappa shape index (κ3) is 2.99. The molecule has 1 aliphatic rings. The van der Waals surface area contributed by atoms with Crippen LogP contribution in [0.5, 0.6) is 0 Å². The van der Waals surface area contributed by atoms with Gasteiger partial charge >= 0.3 is 0 Å². The van der Waals surface area contributed by atoms with Crippen LogP contribution in [0.25, 0.3) is 5.69 Å². The lowest BCUT2D eigenvalue weighted by atomic mass is 10.1. The fourth-order valence-electron chi connectivity index (χ4n) is 3.08. The molecule has 3 rings (SSSR count). The summed E-state index contributed by atoms with van der Waals surface area (Å²) in [5, 5.41) is 14.2. The minimum Gasteiger partial charge on any atom is -0.391 e. The molecular formula is C17H20FN3O2. The molecule has 0 aliphatic carbocycles. The molecule has 0 bridgehead atoms. The Labute approximate surface area is 134 Å². The number of likely N-dealkylation sites (tertiary alicyclic amines) is 1. The number of carbonyl (C=O) groups excluding carboxylic acids is 1. The zero-order valence-electron chi connectivity index (χ0n) is 13.3. The number of hydrogen-bond acceptors (Lipinski definition) is 3. The highest BCUT2D eigenvalue weighted by atomic mass is 19.1. The lowest BCUT2D eigenvalue weighted by molar-refractivity contribution is 0.0472. The molecule has 1 aliphatic heterocycles. The third-order valence-electron chi connectivity index (χ3n) is 4.26. The van der Waals surface area contributed by atoms with Crippen molar-refractivity contribution in [2.45, 2.75) is 32.8 Å². The predicted octanol–water partition coefficient (Wildman–Crippen LogP) is 2.23. The lowest BCUT2D eigenvalue weighted by Gasteiger charge is -2.30. The number of rotatable bonds is 2. The minimum absolute atomic E-state index is 0.105. The van der Waals surface area contributed by atoms with E-state index in [9.17, 15) is 14.3 Å². The maximum absolute atomic E-state index is 13.1. The van der Waals surface area contributed by atoms with Crippen molar-refractivity contribution in [3.05, 3.63) is 47.0 Å². The van der Waals surface area contributed by atoms with Crippen LogP contribution in [0.4, 0.5) is 4.39 Å². The molecule has 5 nitrogen and oxygen atoms in total. The number of piperidine rings is 1. The second-order valence-corrected chi connectivity index (χ2v) is 5.98. The van der Waals surface area contributed by atoms with Crippen molar-refractivity contribution in [3.8, 4) is 5.69 Å². The second kappa shape index (κ2) is 6.12. The van der Waals surface area contributed by atoms with E-state index in [1.54, 1.807) is 28.6 Å². The maximum atomic E-state index is 13.1. The van der Waals surface area contributed by atoms with Gasteiger partial charge in [-0.3, -0.25) is 4.79 Å². The van der Waals surface area contributed by atoms with Crippen LogP contribution in [0.2, 0.25) is 0 Å². The Balaban J connectivity index is 1.94. The number of amides is 1. The van der Waals surface area contributed by atoms with E-state index in [0.717, 1.165) is 18.5 Å². The minimum atomic E-state index is -0.458. The Hall–Kier alpha value is -2.21. The van der Waals surface area contributed by atoms with E-state index in [2.05, 4.69) is 5.10 Å². The number of benzene rings is 1. The van der Waals surface area contributed by atoms with E-state index in [-0.39, 0.29) is 11.7 Å². The Kier molecular flexibility index (Phi) is 4.17. The average molecular weight is 317 g/mol. The van der Waals surface area contributed by atoms with Gasteiger partial charge in [0.15, 0.2) is 0 Å². The van der Waals surface area contributed by atoms with Gasteiger partial charge in [-0.2, -0.15) is 5.10 Å². The summed E-state index contributed by atoms with van der Waals surface area (Å²) in [7, 11) is 0. The monoisotopic (exact) mass is 317 g/mol. The number of aliphatic hydroxyl groups excluding tert-OH is 1. The first-order chi connectivity index (χ1) is 11.0. The number of halogens is 1. The van der Waals surface area contributed by atoms with Gasteiger partial charge in [0.1, 0.15) is 5.82 Å². The molecule has 0 spiro atoms. The quantitative estimate of drug-likeness (QED) is 0.924. The fourth-order valence-corrected chi connectivity index (χ4v) is 3.08. The predicted molar refractivity (Wildman–Crippen MR) is 84.1 cm³/mol. The SMILES string of the molecule is Cc1nn(-c2ccc(F)cc2)c(C)c1C(=O)N1CCCC(O)C1. The van der Waals surface area contributed by atoms with Crippen LogP contribution < -0.4 is 0 Å². The van der Waals surface area contributed by atoms with Gasteiger partial charge in [0, 0.05) is 13.1 Å². The van der Waals surface area contributed by atoms with Crippen molar-refractivity contribution < 1.29 is 14.3 Å². The highest BCUT2D eigenvalue weighted by molar-refractivity contribution is 5.96. The molecule has 0 saturated carbocycles. The molecule has 0 radical (unpaired) electrons. The van der Waals surface area contributed by atoms with Gasteiger partial charge in [-0.15, -0.1) is 0 Å². The Bertz CT molecular complexity index is 724. The van der Waals surface area contributed by atoms with Gasteiger partial charge in [0.25, 0.3) is 5.91 Å². The highest BCUT2D eigenvalue weighted by Crippen LogP contribution is 2.22. The van der Waals surface area contributed by atoms with Crippen molar-refractivity contribution in [2.24, 2.45) is 0 Å². The molecule has 1 unspecified atom stereocenters. The molecule has 1 saturated heterocycles. The standard InChI is InChI=1S/C17H20FN3O2/c1-11-16(17(23)20-9-3-4-15(22)10-20)12(2)21(19-11)14-7-5-13(18)6-8-14/h5-8,15,22H,3-4,9-10H2,1-2H3. The van der Waals surface area contributed by atoms with Crippen LogP contribution in [-0.2, 0) is 0 Å². The first kappa shape index (κ1) is 15.7. The summed E-state index contributed by atoms with van der Waals surface area (Å²) in [6.45, 7) is 4.63. The molecule has 1 aromatic carbocycles. The van der Waals surface area contributed by atoms with Gasteiger partial charge in [-0.05, 0) is 51.0 Å². The van der Waals surface area contributed by atoms with E-state index in [1.807, 2.05) is 6.92 Å². The summed E-state index contributed by atoms with van der Waals surface area (Å²) in [5.41, 5.74) is 2.63. The van der Waals surface area contributed by atoms with Crippen molar-refractivity contribution in [3.63, 3.8) is 0 Å². The number of hydrogen-bond donors (Lipinski definition) is 1. The van der Waals surface area contributed by atoms with Gasteiger partial charge < -0.3 is 10.0 Å². The molecule has 122 valence electrons. The van der Waals surface area contributed by atoms with E-state index in [0.29, 0.717) is 30.0 Å². The molecule has 1 atom stereocenters. The van der Waals surface area contributed by atoms with Gasteiger partial charge in [-0.1, -0.05) is 0 Å². The Morgan fingerprint density at radius 3 is 2.65 bits per heavy atom. The summed E-state index contributed by atoms with van der Waals surface area (Å²) in [4.78, 5) is 14.5. The number of carbonyl (C=O) groups is 1. The van der Waals surface area contributed by atoms with E-state index in [4.69, 9.17) is 0 Å². The van der Waals surface area contributed by atoms with Crippen LogP contribution in [-0.4, -0.2) is 44.9 Å². The normalized spacial score (nSPS) is 18.3. The van der Waals surface area contributed by atoms with E-state index < -0.39 is 6.10 Å².